The summed E-state index contributed by atoms with van der Waals surface area (Å²) in [6, 6.07) is 0. The van der Waals surface area contributed by atoms with Gasteiger partial charge in [0.1, 0.15) is 5.60 Å². The molecule has 4 atom stereocenters. The minimum absolute atomic E-state index is 0.125. The van der Waals surface area contributed by atoms with Crippen LogP contribution in [0.15, 0.2) is 12.2 Å². The molecule has 0 bridgehead atoms. The summed E-state index contributed by atoms with van der Waals surface area (Å²) in [7, 11) is 0. The number of esters is 1. The van der Waals surface area contributed by atoms with Crippen LogP contribution in [-0.4, -0.2) is 35.5 Å². The molecule has 0 saturated carbocycles. The van der Waals surface area contributed by atoms with E-state index in [1.165, 1.54) is 6.08 Å². The van der Waals surface area contributed by atoms with E-state index < -0.39 is 17.7 Å². The van der Waals surface area contributed by atoms with Crippen molar-refractivity contribution in [2.75, 3.05) is 6.61 Å². The number of hydrogen-bond donors (Lipinski definition) is 1. The van der Waals surface area contributed by atoms with Crippen molar-refractivity contribution >= 4 is 5.97 Å². The molecule has 0 radical (unpaired) electrons. The van der Waals surface area contributed by atoms with Crippen LogP contribution in [0.3, 0.4) is 0 Å². The van der Waals surface area contributed by atoms with E-state index in [0.29, 0.717) is 6.61 Å². The highest BCUT2D eigenvalue weighted by Gasteiger charge is 2.42. The second-order valence-electron chi connectivity index (χ2n) is 5.08. The number of ether oxygens (including phenoxy) is 2. The van der Waals surface area contributed by atoms with Crippen LogP contribution in [0.25, 0.3) is 0 Å². The lowest BCUT2D eigenvalue weighted by atomic mass is 9.81. The Labute approximate surface area is 109 Å². The minimum atomic E-state index is -0.814. The molecular weight excluding hydrogens is 232 g/mol. The Morgan fingerprint density at radius 3 is 2.78 bits per heavy atom. The molecule has 1 aliphatic rings. The van der Waals surface area contributed by atoms with Crippen molar-refractivity contribution in [3.8, 4) is 0 Å². The zero-order valence-corrected chi connectivity index (χ0v) is 11.7. The maximum absolute atomic E-state index is 11.3. The molecule has 0 amide bonds. The van der Waals surface area contributed by atoms with Crippen LogP contribution in [0.2, 0.25) is 0 Å². The van der Waals surface area contributed by atoms with Crippen molar-refractivity contribution < 1.29 is 19.4 Å². The average Bonchev–Trinajstić information content (AvgIpc) is 2.33. The number of carbonyl (C=O) groups is 1. The van der Waals surface area contributed by atoms with Gasteiger partial charge in [0.15, 0.2) is 0 Å². The Balaban J connectivity index is 2.77. The molecule has 1 rings (SSSR count). The molecule has 1 N–H and O–H groups in total. The van der Waals surface area contributed by atoms with Gasteiger partial charge in [-0.15, -0.1) is 0 Å². The highest BCUT2D eigenvalue weighted by molar-refractivity contribution is 5.82. The maximum Gasteiger partial charge on any atom is 0.330 e. The molecule has 0 aliphatic carbocycles. The van der Waals surface area contributed by atoms with E-state index in [9.17, 15) is 9.90 Å². The Morgan fingerprint density at radius 1 is 1.56 bits per heavy atom. The van der Waals surface area contributed by atoms with E-state index in [1.807, 2.05) is 13.8 Å². The van der Waals surface area contributed by atoms with Gasteiger partial charge in [0, 0.05) is 6.08 Å². The third kappa shape index (κ3) is 3.56. The molecule has 1 fully saturated rings. The van der Waals surface area contributed by atoms with Crippen LogP contribution in [0.5, 0.6) is 0 Å². The summed E-state index contributed by atoms with van der Waals surface area (Å²) in [5, 5.41) is 10.2. The summed E-state index contributed by atoms with van der Waals surface area (Å²) in [5.41, 5.74) is -0.814. The minimum Gasteiger partial charge on any atom is -0.463 e. The Hall–Kier alpha value is -0.870. The van der Waals surface area contributed by atoms with Gasteiger partial charge in [-0.2, -0.15) is 0 Å². The highest BCUT2D eigenvalue weighted by Crippen LogP contribution is 2.35. The molecular formula is C14H24O4. The first-order valence-corrected chi connectivity index (χ1v) is 6.64. The zero-order valence-electron chi connectivity index (χ0n) is 11.7. The van der Waals surface area contributed by atoms with Crippen LogP contribution in [0.4, 0.5) is 0 Å². The molecule has 104 valence electrons. The molecule has 0 aromatic rings. The predicted octanol–water partition coefficient (Wildman–Crippen LogP) is 2.06. The Kier molecular flexibility index (Phi) is 5.35. The number of carbonyl (C=O) groups excluding carboxylic acids is 1. The molecule has 0 unspecified atom stereocenters. The largest absolute Gasteiger partial charge is 0.463 e. The summed E-state index contributed by atoms with van der Waals surface area (Å²) in [6.45, 7) is 7.98. The van der Waals surface area contributed by atoms with Crippen molar-refractivity contribution in [1.82, 2.24) is 0 Å². The van der Waals surface area contributed by atoms with Gasteiger partial charge in [-0.3, -0.25) is 0 Å². The predicted molar refractivity (Wildman–Crippen MR) is 69.1 cm³/mol. The lowest BCUT2D eigenvalue weighted by Gasteiger charge is -2.44. The molecule has 0 spiro atoms. The van der Waals surface area contributed by atoms with E-state index >= 15 is 0 Å². The van der Waals surface area contributed by atoms with Crippen LogP contribution in [0, 0.1) is 5.92 Å². The Bertz CT molecular complexity index is 313. The van der Waals surface area contributed by atoms with Gasteiger partial charge >= 0.3 is 5.97 Å². The lowest BCUT2D eigenvalue weighted by Crippen LogP contribution is -2.51. The molecule has 18 heavy (non-hydrogen) atoms. The first-order chi connectivity index (χ1) is 8.42. The fourth-order valence-electron chi connectivity index (χ4n) is 2.40. The average molecular weight is 256 g/mol. The lowest BCUT2D eigenvalue weighted by molar-refractivity contribution is -0.176. The number of aliphatic hydroxyl groups is 1. The molecule has 1 aliphatic heterocycles. The van der Waals surface area contributed by atoms with Gasteiger partial charge in [-0.05, 0) is 38.7 Å². The maximum atomic E-state index is 11.3. The van der Waals surface area contributed by atoms with Crippen LogP contribution in [0.1, 0.15) is 40.5 Å². The van der Waals surface area contributed by atoms with E-state index in [4.69, 9.17) is 9.47 Å². The van der Waals surface area contributed by atoms with Crippen molar-refractivity contribution in [2.24, 2.45) is 5.92 Å². The summed E-state index contributed by atoms with van der Waals surface area (Å²) in [4.78, 5) is 11.3. The normalized spacial score (nSPS) is 36.8. The van der Waals surface area contributed by atoms with Gasteiger partial charge < -0.3 is 14.6 Å². The van der Waals surface area contributed by atoms with Crippen LogP contribution in [-0.2, 0) is 14.3 Å². The second-order valence-corrected chi connectivity index (χ2v) is 5.08. The summed E-state index contributed by atoms with van der Waals surface area (Å²) in [6.07, 6.45) is 4.23. The van der Waals surface area contributed by atoms with Gasteiger partial charge in [-0.25, -0.2) is 4.79 Å². The molecule has 0 aromatic heterocycles. The number of aliphatic hydroxyl groups excluding tert-OH is 1. The fourth-order valence-corrected chi connectivity index (χ4v) is 2.40. The van der Waals surface area contributed by atoms with Crippen molar-refractivity contribution in [1.29, 1.82) is 0 Å². The number of rotatable bonds is 4. The van der Waals surface area contributed by atoms with E-state index in [1.54, 1.807) is 13.0 Å². The molecule has 1 heterocycles. The van der Waals surface area contributed by atoms with Gasteiger partial charge in [0.05, 0.1) is 18.8 Å². The van der Waals surface area contributed by atoms with Gasteiger partial charge in [0.25, 0.3) is 0 Å². The highest BCUT2D eigenvalue weighted by atomic mass is 16.5. The summed E-state index contributed by atoms with van der Waals surface area (Å²) < 4.78 is 10.7. The first-order valence-electron chi connectivity index (χ1n) is 6.64. The Morgan fingerprint density at radius 2 is 2.22 bits per heavy atom. The van der Waals surface area contributed by atoms with E-state index in [2.05, 4.69) is 6.92 Å². The monoisotopic (exact) mass is 256 g/mol. The third-order valence-corrected chi connectivity index (χ3v) is 3.47. The first kappa shape index (κ1) is 15.2. The van der Waals surface area contributed by atoms with Crippen LogP contribution < -0.4 is 0 Å². The fraction of sp³-hybridized carbons (Fsp3) is 0.786. The standard InChI is InChI=1S/C14H24O4/c1-5-11-9-10(3)13(16)14(4,18-11)8-7-12(15)17-6-2/h7-8,10-11,13,16H,5-6,9H2,1-4H3/b8-7+/t10-,11+,13-,14+/m0/s1. The number of hydrogen-bond acceptors (Lipinski definition) is 4. The van der Waals surface area contributed by atoms with Crippen molar-refractivity contribution in [3.05, 3.63) is 12.2 Å². The van der Waals surface area contributed by atoms with Crippen molar-refractivity contribution in [2.45, 2.75) is 58.3 Å². The quantitative estimate of drug-likeness (QED) is 0.618. The van der Waals surface area contributed by atoms with E-state index in [0.717, 1.165) is 12.8 Å². The molecule has 4 nitrogen and oxygen atoms in total. The SMILES string of the molecule is CCOC(=O)/C=C/[C@@]1(C)O[C@H](CC)C[C@H](C)[C@@H]1O. The molecule has 0 aromatic carbocycles. The summed E-state index contributed by atoms with van der Waals surface area (Å²) in [5.74, 6) is -0.249. The third-order valence-electron chi connectivity index (χ3n) is 3.47. The molecule has 1 saturated heterocycles. The smallest absolute Gasteiger partial charge is 0.330 e. The zero-order chi connectivity index (χ0) is 13.8. The topological polar surface area (TPSA) is 55.8 Å². The van der Waals surface area contributed by atoms with Gasteiger partial charge in [-0.1, -0.05) is 13.8 Å². The molecule has 4 heteroatoms. The second kappa shape index (κ2) is 6.34. The van der Waals surface area contributed by atoms with E-state index in [-0.39, 0.29) is 12.0 Å². The van der Waals surface area contributed by atoms with Gasteiger partial charge in [0.2, 0.25) is 0 Å². The van der Waals surface area contributed by atoms with Crippen molar-refractivity contribution in [3.63, 3.8) is 0 Å². The van der Waals surface area contributed by atoms with Crippen LogP contribution >= 0.6 is 0 Å². The summed E-state index contributed by atoms with van der Waals surface area (Å²) >= 11 is 0.